The Hall–Kier alpha value is -2.17. The third kappa shape index (κ3) is 5.18. The van der Waals surface area contributed by atoms with Crippen LogP contribution in [0, 0.1) is 0 Å². The molecule has 4 heteroatoms. The Kier molecular flexibility index (Phi) is 6.97. The summed E-state index contributed by atoms with van der Waals surface area (Å²) in [4.78, 5) is 0. The predicted octanol–water partition coefficient (Wildman–Crippen LogP) is 3.24. The van der Waals surface area contributed by atoms with E-state index >= 15 is 0 Å². The highest BCUT2D eigenvalue weighted by molar-refractivity contribution is 5.70. The van der Waals surface area contributed by atoms with Crippen LogP contribution in [-0.4, -0.2) is 27.1 Å². The molecule has 128 valence electrons. The van der Waals surface area contributed by atoms with Gasteiger partial charge in [-0.1, -0.05) is 31.2 Å². The maximum Gasteiger partial charge on any atom is 0.191 e. The summed E-state index contributed by atoms with van der Waals surface area (Å²) >= 11 is 0. The number of rotatable bonds is 8. The van der Waals surface area contributed by atoms with Crippen molar-refractivity contribution in [3.8, 4) is 5.75 Å². The summed E-state index contributed by atoms with van der Waals surface area (Å²) in [6, 6.07) is 10.1. The molecule has 0 unspecified atom stereocenters. The SMILES string of the molecule is CCc1c[n+](C)ccc1/C=C/c1ccc(OCC(OC)OC)cc1. The summed E-state index contributed by atoms with van der Waals surface area (Å²) in [5.41, 5.74) is 3.72. The van der Waals surface area contributed by atoms with E-state index in [1.807, 2.05) is 31.3 Å². The smallest absolute Gasteiger partial charge is 0.191 e. The van der Waals surface area contributed by atoms with E-state index in [-0.39, 0.29) is 6.29 Å². The molecule has 2 aromatic rings. The van der Waals surface area contributed by atoms with E-state index in [2.05, 4.69) is 42.1 Å². The molecule has 1 heterocycles. The molecule has 0 radical (unpaired) electrons. The van der Waals surface area contributed by atoms with Gasteiger partial charge < -0.3 is 14.2 Å². The van der Waals surface area contributed by atoms with E-state index in [0.717, 1.165) is 17.7 Å². The molecule has 0 saturated carbocycles. The van der Waals surface area contributed by atoms with Crippen LogP contribution in [0.4, 0.5) is 0 Å². The Bertz CT molecular complexity index is 661. The minimum Gasteiger partial charge on any atom is -0.488 e. The second-order valence-corrected chi connectivity index (χ2v) is 5.56. The number of nitrogens with zero attached hydrogens (tertiary/aromatic N) is 1. The first-order valence-electron chi connectivity index (χ1n) is 8.11. The van der Waals surface area contributed by atoms with Gasteiger partial charge in [-0.15, -0.1) is 0 Å². The Morgan fingerprint density at radius 1 is 1.04 bits per heavy atom. The highest BCUT2D eigenvalue weighted by Crippen LogP contribution is 2.16. The van der Waals surface area contributed by atoms with Crippen molar-refractivity contribution in [2.24, 2.45) is 7.05 Å². The lowest BCUT2D eigenvalue weighted by molar-refractivity contribution is -0.671. The second kappa shape index (κ2) is 9.21. The van der Waals surface area contributed by atoms with E-state index < -0.39 is 0 Å². The predicted molar refractivity (Wildman–Crippen MR) is 95.7 cm³/mol. The zero-order chi connectivity index (χ0) is 17.4. The molecule has 0 spiro atoms. The lowest BCUT2D eigenvalue weighted by Gasteiger charge is -2.14. The normalized spacial score (nSPS) is 11.4. The molecule has 1 aromatic heterocycles. The lowest BCUT2D eigenvalue weighted by Crippen LogP contribution is -2.27. The van der Waals surface area contributed by atoms with Crippen LogP contribution in [-0.2, 0) is 22.9 Å². The fourth-order valence-electron chi connectivity index (χ4n) is 2.38. The number of aromatic nitrogens is 1. The van der Waals surface area contributed by atoms with Crippen molar-refractivity contribution in [1.29, 1.82) is 0 Å². The van der Waals surface area contributed by atoms with Crippen LogP contribution in [0.2, 0.25) is 0 Å². The van der Waals surface area contributed by atoms with Gasteiger partial charge in [0.05, 0.1) is 0 Å². The molecule has 0 amide bonds. The largest absolute Gasteiger partial charge is 0.488 e. The molecule has 1 aromatic carbocycles. The van der Waals surface area contributed by atoms with Crippen LogP contribution in [0.15, 0.2) is 42.7 Å². The molecular weight excluding hydrogens is 302 g/mol. The van der Waals surface area contributed by atoms with Crippen LogP contribution in [0.5, 0.6) is 5.75 Å². The summed E-state index contributed by atoms with van der Waals surface area (Å²) in [7, 11) is 5.24. The van der Waals surface area contributed by atoms with Crippen molar-refractivity contribution in [1.82, 2.24) is 0 Å². The van der Waals surface area contributed by atoms with Gasteiger partial charge >= 0.3 is 0 Å². The summed E-state index contributed by atoms with van der Waals surface area (Å²) in [5, 5.41) is 0. The van der Waals surface area contributed by atoms with Gasteiger partial charge in [-0.2, -0.15) is 0 Å². The van der Waals surface area contributed by atoms with Gasteiger partial charge in [0.15, 0.2) is 18.7 Å². The molecule has 0 aliphatic heterocycles. The van der Waals surface area contributed by atoms with Crippen LogP contribution in [0.3, 0.4) is 0 Å². The van der Waals surface area contributed by atoms with Gasteiger partial charge in [0, 0.05) is 25.8 Å². The summed E-state index contributed by atoms with van der Waals surface area (Å²) in [6.07, 6.45) is 9.17. The van der Waals surface area contributed by atoms with Crippen molar-refractivity contribution in [3.05, 3.63) is 59.4 Å². The van der Waals surface area contributed by atoms with E-state index in [4.69, 9.17) is 14.2 Å². The van der Waals surface area contributed by atoms with Crippen LogP contribution >= 0.6 is 0 Å². The summed E-state index contributed by atoms with van der Waals surface area (Å²) < 4.78 is 17.9. The Labute approximate surface area is 144 Å². The van der Waals surface area contributed by atoms with Gasteiger partial charge in [0.25, 0.3) is 0 Å². The number of methoxy groups -OCH3 is 2. The zero-order valence-corrected chi connectivity index (χ0v) is 14.9. The number of hydrogen-bond acceptors (Lipinski definition) is 3. The Morgan fingerprint density at radius 2 is 1.75 bits per heavy atom. The van der Waals surface area contributed by atoms with Gasteiger partial charge in [-0.3, -0.25) is 0 Å². The van der Waals surface area contributed by atoms with Crippen molar-refractivity contribution in [2.45, 2.75) is 19.6 Å². The van der Waals surface area contributed by atoms with E-state index in [1.54, 1.807) is 14.2 Å². The average molecular weight is 328 g/mol. The number of pyridine rings is 1. The Balaban J connectivity index is 2.01. The van der Waals surface area contributed by atoms with Crippen molar-refractivity contribution >= 4 is 12.2 Å². The molecule has 24 heavy (non-hydrogen) atoms. The molecule has 0 atom stereocenters. The molecular formula is C20H26NO3+. The molecule has 4 nitrogen and oxygen atoms in total. The monoisotopic (exact) mass is 328 g/mol. The van der Waals surface area contributed by atoms with Crippen LogP contribution in [0.1, 0.15) is 23.6 Å². The topological polar surface area (TPSA) is 31.6 Å². The van der Waals surface area contributed by atoms with E-state index in [1.165, 1.54) is 11.1 Å². The molecule has 0 saturated heterocycles. The average Bonchev–Trinajstić information content (AvgIpc) is 2.62. The maximum absolute atomic E-state index is 5.64. The maximum atomic E-state index is 5.64. The number of ether oxygens (including phenoxy) is 3. The first-order valence-corrected chi connectivity index (χ1v) is 8.11. The number of benzene rings is 1. The summed E-state index contributed by atoms with van der Waals surface area (Å²) in [6.45, 7) is 2.54. The van der Waals surface area contributed by atoms with Crippen molar-refractivity contribution in [3.63, 3.8) is 0 Å². The first kappa shape index (κ1) is 18.2. The first-order chi connectivity index (χ1) is 11.7. The number of hydrogen-bond donors (Lipinski definition) is 0. The van der Waals surface area contributed by atoms with Gasteiger partial charge in [-0.05, 0) is 29.7 Å². The molecule has 0 bridgehead atoms. The fourth-order valence-corrected chi connectivity index (χ4v) is 2.38. The second-order valence-electron chi connectivity index (χ2n) is 5.56. The molecule has 2 rings (SSSR count). The minimum absolute atomic E-state index is 0.351. The number of aryl methyl sites for hydroxylation is 2. The third-order valence-corrected chi connectivity index (χ3v) is 3.85. The quantitative estimate of drug-likeness (QED) is 0.551. The molecule has 0 N–H and O–H groups in total. The fraction of sp³-hybridized carbons (Fsp3) is 0.350. The Morgan fingerprint density at radius 3 is 2.38 bits per heavy atom. The summed E-state index contributed by atoms with van der Waals surface area (Å²) in [5.74, 6) is 0.798. The van der Waals surface area contributed by atoms with Crippen LogP contribution in [0.25, 0.3) is 12.2 Å². The molecule has 0 aliphatic rings. The van der Waals surface area contributed by atoms with Crippen molar-refractivity contribution in [2.75, 3.05) is 20.8 Å². The minimum atomic E-state index is -0.351. The van der Waals surface area contributed by atoms with Crippen LogP contribution < -0.4 is 9.30 Å². The van der Waals surface area contributed by atoms with Gasteiger partial charge in [-0.25, -0.2) is 4.57 Å². The van der Waals surface area contributed by atoms with Gasteiger partial charge in [0.2, 0.25) is 0 Å². The van der Waals surface area contributed by atoms with Crippen molar-refractivity contribution < 1.29 is 18.8 Å². The molecule has 0 aliphatic carbocycles. The standard InChI is InChI=1S/C20H26NO3/c1-5-17-14-21(2)13-12-18(17)9-6-16-7-10-19(11-8-16)24-15-20(22-3)23-4/h6-14,20H,5,15H2,1-4H3/q+1/b9-6+. The van der Waals surface area contributed by atoms with E-state index in [9.17, 15) is 0 Å². The highest BCUT2D eigenvalue weighted by Gasteiger charge is 2.06. The zero-order valence-electron chi connectivity index (χ0n) is 14.9. The van der Waals surface area contributed by atoms with E-state index in [0.29, 0.717) is 6.61 Å². The third-order valence-electron chi connectivity index (χ3n) is 3.85. The lowest BCUT2D eigenvalue weighted by atomic mass is 10.1. The van der Waals surface area contributed by atoms with Gasteiger partial charge in [0.1, 0.15) is 19.4 Å². The highest BCUT2D eigenvalue weighted by atomic mass is 16.7. The molecule has 0 fully saturated rings.